The maximum absolute atomic E-state index is 13.9. The van der Waals surface area contributed by atoms with Gasteiger partial charge in [0.2, 0.25) is 0 Å². The number of carbonyl (C=O) groups excluding carboxylic acids is 2. The molecule has 6 nitrogen and oxygen atoms in total. The van der Waals surface area contributed by atoms with Gasteiger partial charge in [-0.15, -0.1) is 0 Å². The van der Waals surface area contributed by atoms with Gasteiger partial charge in [0.1, 0.15) is 11.5 Å². The number of primary amides is 1. The Morgan fingerprint density at radius 1 is 1.12 bits per heavy atom. The van der Waals surface area contributed by atoms with E-state index in [1.807, 2.05) is 24.3 Å². The van der Waals surface area contributed by atoms with E-state index in [1.54, 1.807) is 6.07 Å². The van der Waals surface area contributed by atoms with Gasteiger partial charge in [-0.05, 0) is 28.8 Å². The number of nitrogens with two attached hydrogens (primary N) is 1. The topological polar surface area (TPSA) is 101 Å². The highest BCUT2D eigenvalue weighted by Gasteiger charge is 2.10. The Morgan fingerprint density at radius 3 is 2.44 bits per heavy atom. The van der Waals surface area contributed by atoms with Crippen molar-refractivity contribution in [2.24, 2.45) is 5.73 Å². The highest BCUT2D eigenvalue weighted by atomic mass is 19.1. The number of nitrogens with zero attached hydrogens (tertiary/aromatic N) is 1. The number of H-pyrrole nitrogens is 1. The molecule has 0 bridgehead atoms. The summed E-state index contributed by atoms with van der Waals surface area (Å²) in [6.07, 6.45) is 2.88. The van der Waals surface area contributed by atoms with Crippen LogP contribution in [-0.2, 0) is 6.54 Å². The van der Waals surface area contributed by atoms with E-state index >= 15 is 0 Å². The zero-order valence-electron chi connectivity index (χ0n) is 13.1. The van der Waals surface area contributed by atoms with E-state index in [0.717, 1.165) is 11.1 Å². The highest BCUT2D eigenvalue weighted by molar-refractivity contribution is 5.93. The Balaban J connectivity index is 1.69. The number of hydrogen-bond donors (Lipinski definition) is 3. The van der Waals surface area contributed by atoms with Crippen molar-refractivity contribution in [3.8, 4) is 11.1 Å². The predicted molar refractivity (Wildman–Crippen MR) is 90.1 cm³/mol. The van der Waals surface area contributed by atoms with Crippen LogP contribution in [0.2, 0.25) is 0 Å². The zero-order valence-corrected chi connectivity index (χ0v) is 13.1. The van der Waals surface area contributed by atoms with Crippen molar-refractivity contribution in [2.75, 3.05) is 0 Å². The molecule has 0 saturated carbocycles. The molecule has 0 saturated heterocycles. The number of aromatic amines is 1. The molecule has 0 atom stereocenters. The Kier molecular flexibility index (Phi) is 4.56. The molecule has 2 aromatic carbocycles. The maximum atomic E-state index is 13.9. The van der Waals surface area contributed by atoms with Gasteiger partial charge in [0.25, 0.3) is 11.8 Å². The van der Waals surface area contributed by atoms with Crippen molar-refractivity contribution < 1.29 is 14.0 Å². The Morgan fingerprint density at radius 2 is 1.84 bits per heavy atom. The number of rotatable bonds is 5. The standard InChI is InChI=1S/C18H15FN4O2/c19-15-7-13(5-6-14(15)17(20)24)12-3-1-11(2-4-12)8-22-18(25)16-9-21-10-23-16/h1-7,9-10H,8H2,(H2,20,24)(H,21,23)(H,22,25). The predicted octanol–water partition coefficient (Wildman–Crippen LogP) is 2.24. The number of halogens is 1. The summed E-state index contributed by atoms with van der Waals surface area (Å²) in [5.74, 6) is -1.70. The smallest absolute Gasteiger partial charge is 0.269 e. The van der Waals surface area contributed by atoms with E-state index in [9.17, 15) is 14.0 Å². The third kappa shape index (κ3) is 3.72. The molecule has 3 rings (SSSR count). The fraction of sp³-hybridized carbons (Fsp3) is 0.0556. The number of nitrogens with one attached hydrogen (secondary N) is 2. The van der Waals surface area contributed by atoms with Crippen LogP contribution >= 0.6 is 0 Å². The molecule has 0 aliphatic carbocycles. The molecule has 4 N–H and O–H groups in total. The molecule has 0 fully saturated rings. The molecule has 2 amide bonds. The molecule has 126 valence electrons. The lowest BCUT2D eigenvalue weighted by Gasteiger charge is -2.07. The average Bonchev–Trinajstić information content (AvgIpc) is 3.14. The van der Waals surface area contributed by atoms with Crippen LogP contribution in [0.25, 0.3) is 11.1 Å². The van der Waals surface area contributed by atoms with Crippen molar-refractivity contribution in [1.29, 1.82) is 0 Å². The quantitative estimate of drug-likeness (QED) is 0.665. The minimum absolute atomic E-state index is 0.137. The average molecular weight is 338 g/mol. The van der Waals surface area contributed by atoms with E-state index in [0.29, 0.717) is 17.8 Å². The number of aromatic nitrogens is 2. The molecular formula is C18H15FN4O2. The molecule has 7 heteroatoms. The monoisotopic (exact) mass is 338 g/mol. The summed E-state index contributed by atoms with van der Waals surface area (Å²) in [6.45, 7) is 0.354. The van der Waals surface area contributed by atoms with Crippen LogP contribution in [0.1, 0.15) is 26.4 Å². The fourth-order valence-electron chi connectivity index (χ4n) is 2.37. The van der Waals surface area contributed by atoms with Gasteiger partial charge in [0, 0.05) is 6.54 Å². The third-order valence-corrected chi connectivity index (χ3v) is 3.72. The second-order valence-corrected chi connectivity index (χ2v) is 5.40. The van der Waals surface area contributed by atoms with Gasteiger partial charge in [-0.25, -0.2) is 9.37 Å². The normalized spacial score (nSPS) is 10.4. The van der Waals surface area contributed by atoms with E-state index in [2.05, 4.69) is 15.3 Å². The van der Waals surface area contributed by atoms with Gasteiger partial charge in [-0.1, -0.05) is 30.3 Å². The lowest BCUT2D eigenvalue weighted by atomic mass is 10.0. The van der Waals surface area contributed by atoms with Crippen LogP contribution in [0.5, 0.6) is 0 Å². The first-order valence-electron chi connectivity index (χ1n) is 7.50. The largest absolute Gasteiger partial charge is 0.366 e. The third-order valence-electron chi connectivity index (χ3n) is 3.72. The molecule has 0 aliphatic heterocycles. The number of benzene rings is 2. The number of carbonyl (C=O) groups is 2. The summed E-state index contributed by atoms with van der Waals surface area (Å²) >= 11 is 0. The maximum Gasteiger partial charge on any atom is 0.269 e. The lowest BCUT2D eigenvalue weighted by molar-refractivity contribution is 0.0945. The molecule has 0 aliphatic rings. The van der Waals surface area contributed by atoms with Crippen LogP contribution in [-0.4, -0.2) is 21.8 Å². The van der Waals surface area contributed by atoms with E-state index in [4.69, 9.17) is 5.73 Å². The van der Waals surface area contributed by atoms with Crippen molar-refractivity contribution in [2.45, 2.75) is 6.54 Å². The van der Waals surface area contributed by atoms with Gasteiger partial charge in [0.15, 0.2) is 0 Å². The fourth-order valence-corrected chi connectivity index (χ4v) is 2.37. The molecule has 0 unspecified atom stereocenters. The minimum Gasteiger partial charge on any atom is -0.366 e. The van der Waals surface area contributed by atoms with E-state index in [-0.39, 0.29) is 11.5 Å². The second-order valence-electron chi connectivity index (χ2n) is 5.40. The Bertz CT molecular complexity index is 905. The van der Waals surface area contributed by atoms with Gasteiger partial charge >= 0.3 is 0 Å². The zero-order chi connectivity index (χ0) is 17.8. The molecule has 1 aromatic heterocycles. The number of hydrogen-bond acceptors (Lipinski definition) is 3. The molecule has 0 radical (unpaired) electrons. The summed E-state index contributed by atoms with van der Waals surface area (Å²) in [7, 11) is 0. The molecule has 0 spiro atoms. The van der Waals surface area contributed by atoms with Crippen LogP contribution in [0, 0.1) is 5.82 Å². The summed E-state index contributed by atoms with van der Waals surface area (Å²) in [6, 6.07) is 11.6. The summed E-state index contributed by atoms with van der Waals surface area (Å²) in [4.78, 5) is 29.4. The molecule has 3 aromatic rings. The van der Waals surface area contributed by atoms with Crippen LogP contribution in [0.3, 0.4) is 0 Å². The first-order chi connectivity index (χ1) is 12.0. The molecule has 25 heavy (non-hydrogen) atoms. The van der Waals surface area contributed by atoms with Crippen LogP contribution < -0.4 is 11.1 Å². The van der Waals surface area contributed by atoms with Gasteiger partial charge in [-0.3, -0.25) is 9.59 Å². The Hall–Kier alpha value is -3.48. The highest BCUT2D eigenvalue weighted by Crippen LogP contribution is 2.22. The summed E-state index contributed by atoms with van der Waals surface area (Å²) < 4.78 is 13.9. The SMILES string of the molecule is NC(=O)c1ccc(-c2ccc(CNC(=O)c3cnc[nH]3)cc2)cc1F. The summed E-state index contributed by atoms with van der Waals surface area (Å²) in [5, 5.41) is 2.77. The van der Waals surface area contributed by atoms with Gasteiger partial charge in [0.05, 0.1) is 18.1 Å². The number of imidazole rings is 1. The lowest BCUT2D eigenvalue weighted by Crippen LogP contribution is -2.22. The summed E-state index contributed by atoms with van der Waals surface area (Å²) in [5.41, 5.74) is 7.67. The van der Waals surface area contributed by atoms with Gasteiger partial charge in [-0.2, -0.15) is 0 Å². The molecular weight excluding hydrogens is 323 g/mol. The van der Waals surface area contributed by atoms with Crippen LogP contribution in [0.15, 0.2) is 55.0 Å². The van der Waals surface area contributed by atoms with Crippen molar-refractivity contribution >= 4 is 11.8 Å². The second kappa shape index (κ2) is 6.96. The van der Waals surface area contributed by atoms with Crippen molar-refractivity contribution in [1.82, 2.24) is 15.3 Å². The molecule has 1 heterocycles. The Labute approximate surface area is 142 Å². The first kappa shape index (κ1) is 16.4. The van der Waals surface area contributed by atoms with Crippen molar-refractivity contribution in [3.63, 3.8) is 0 Å². The van der Waals surface area contributed by atoms with Crippen molar-refractivity contribution in [3.05, 3.63) is 77.6 Å². The van der Waals surface area contributed by atoms with Gasteiger partial charge < -0.3 is 16.0 Å². The minimum atomic E-state index is -0.799. The van der Waals surface area contributed by atoms with E-state index in [1.165, 1.54) is 24.7 Å². The number of amides is 2. The van der Waals surface area contributed by atoms with E-state index < -0.39 is 11.7 Å². The van der Waals surface area contributed by atoms with Crippen LogP contribution in [0.4, 0.5) is 4.39 Å². The first-order valence-corrected chi connectivity index (χ1v) is 7.50.